The van der Waals surface area contributed by atoms with Crippen molar-refractivity contribution in [2.24, 2.45) is 5.73 Å². The zero-order chi connectivity index (χ0) is 9.97. The molecule has 0 fully saturated rings. The van der Waals surface area contributed by atoms with Crippen molar-refractivity contribution < 1.29 is 4.74 Å². The molecule has 2 rings (SSSR count). The van der Waals surface area contributed by atoms with Gasteiger partial charge in [-0.05, 0) is 30.4 Å². The number of fused-ring (bicyclic) bond motifs is 1. The minimum absolute atomic E-state index is 0.252. The van der Waals surface area contributed by atoms with E-state index in [0.29, 0.717) is 0 Å². The third kappa shape index (κ3) is 1.83. The van der Waals surface area contributed by atoms with Crippen LogP contribution in [0.3, 0.4) is 0 Å². The molecule has 2 N–H and O–H groups in total. The molecule has 0 saturated carbocycles. The molecule has 1 aromatic heterocycles. The lowest BCUT2D eigenvalue weighted by atomic mass is 9.92. The van der Waals surface area contributed by atoms with Gasteiger partial charge in [0, 0.05) is 32.1 Å². The van der Waals surface area contributed by atoms with Gasteiger partial charge in [-0.15, -0.1) is 0 Å². The van der Waals surface area contributed by atoms with Crippen LogP contribution < -0.4 is 5.73 Å². The number of aryl methyl sites for hydroxylation is 1. The number of nitrogens with two attached hydrogens (primary N) is 1. The molecule has 1 atom stereocenters. The SMILES string of the molecule is COCCn1cc2c(c1)C(N)CCC2. The number of ether oxygens (including phenoxy) is 1. The van der Waals surface area contributed by atoms with Crippen molar-refractivity contribution in [2.75, 3.05) is 13.7 Å². The van der Waals surface area contributed by atoms with Gasteiger partial charge in [0.25, 0.3) is 0 Å². The van der Waals surface area contributed by atoms with E-state index >= 15 is 0 Å². The molecule has 0 spiro atoms. The number of hydrogen-bond acceptors (Lipinski definition) is 2. The zero-order valence-corrected chi connectivity index (χ0v) is 8.70. The van der Waals surface area contributed by atoms with Gasteiger partial charge in [-0.25, -0.2) is 0 Å². The van der Waals surface area contributed by atoms with Gasteiger partial charge < -0.3 is 15.0 Å². The Kier molecular flexibility index (Phi) is 2.89. The van der Waals surface area contributed by atoms with Crippen LogP contribution in [0.25, 0.3) is 0 Å². The second-order valence-corrected chi connectivity index (χ2v) is 3.97. The summed E-state index contributed by atoms with van der Waals surface area (Å²) in [5.41, 5.74) is 8.81. The molecule has 1 unspecified atom stereocenters. The first-order chi connectivity index (χ1) is 6.81. The lowest BCUT2D eigenvalue weighted by Gasteiger charge is -2.17. The van der Waals surface area contributed by atoms with E-state index < -0.39 is 0 Å². The molecule has 0 amide bonds. The van der Waals surface area contributed by atoms with E-state index in [4.69, 9.17) is 10.5 Å². The summed E-state index contributed by atoms with van der Waals surface area (Å²) in [6, 6.07) is 0.252. The van der Waals surface area contributed by atoms with Crippen LogP contribution in [-0.4, -0.2) is 18.3 Å². The summed E-state index contributed by atoms with van der Waals surface area (Å²) in [4.78, 5) is 0. The van der Waals surface area contributed by atoms with Crippen LogP contribution in [0.5, 0.6) is 0 Å². The maximum absolute atomic E-state index is 6.04. The second-order valence-electron chi connectivity index (χ2n) is 3.97. The third-order valence-corrected chi connectivity index (χ3v) is 2.91. The summed E-state index contributed by atoms with van der Waals surface area (Å²) in [7, 11) is 1.73. The number of nitrogens with zero attached hydrogens (tertiary/aromatic N) is 1. The fourth-order valence-corrected chi connectivity index (χ4v) is 2.11. The Morgan fingerprint density at radius 1 is 1.57 bits per heavy atom. The van der Waals surface area contributed by atoms with Gasteiger partial charge >= 0.3 is 0 Å². The highest BCUT2D eigenvalue weighted by Gasteiger charge is 2.18. The van der Waals surface area contributed by atoms with Gasteiger partial charge in [-0.2, -0.15) is 0 Å². The van der Waals surface area contributed by atoms with E-state index in [2.05, 4.69) is 17.0 Å². The molecule has 1 aromatic rings. The summed E-state index contributed by atoms with van der Waals surface area (Å²) in [5.74, 6) is 0. The first kappa shape index (κ1) is 9.74. The van der Waals surface area contributed by atoms with E-state index in [1.54, 1.807) is 7.11 Å². The lowest BCUT2D eigenvalue weighted by Crippen LogP contribution is -2.15. The van der Waals surface area contributed by atoms with Crippen molar-refractivity contribution in [1.29, 1.82) is 0 Å². The van der Waals surface area contributed by atoms with E-state index in [1.807, 2.05) is 0 Å². The quantitative estimate of drug-likeness (QED) is 0.791. The third-order valence-electron chi connectivity index (χ3n) is 2.91. The van der Waals surface area contributed by atoms with Gasteiger partial charge in [0.2, 0.25) is 0 Å². The van der Waals surface area contributed by atoms with Crippen molar-refractivity contribution >= 4 is 0 Å². The van der Waals surface area contributed by atoms with Gasteiger partial charge in [-0.1, -0.05) is 0 Å². The van der Waals surface area contributed by atoms with Crippen LogP contribution in [0, 0.1) is 0 Å². The molecule has 1 heterocycles. The Morgan fingerprint density at radius 2 is 2.43 bits per heavy atom. The normalized spacial score (nSPS) is 20.9. The molecule has 3 heteroatoms. The Hall–Kier alpha value is -0.800. The van der Waals surface area contributed by atoms with Crippen molar-refractivity contribution in [3.05, 3.63) is 23.5 Å². The molecule has 0 aliphatic heterocycles. The lowest BCUT2D eigenvalue weighted by molar-refractivity contribution is 0.187. The molecule has 1 aliphatic rings. The van der Waals surface area contributed by atoms with Crippen molar-refractivity contribution in [3.8, 4) is 0 Å². The number of methoxy groups -OCH3 is 1. The van der Waals surface area contributed by atoms with Crippen molar-refractivity contribution in [2.45, 2.75) is 31.8 Å². The minimum atomic E-state index is 0.252. The second kappa shape index (κ2) is 4.15. The van der Waals surface area contributed by atoms with Crippen LogP contribution in [-0.2, 0) is 17.7 Å². The van der Waals surface area contributed by atoms with Crippen LogP contribution in [0.2, 0.25) is 0 Å². The van der Waals surface area contributed by atoms with E-state index in [9.17, 15) is 0 Å². The average molecular weight is 194 g/mol. The largest absolute Gasteiger partial charge is 0.383 e. The predicted molar refractivity (Wildman–Crippen MR) is 56.2 cm³/mol. The number of rotatable bonds is 3. The molecule has 0 aromatic carbocycles. The highest BCUT2D eigenvalue weighted by molar-refractivity contribution is 5.29. The van der Waals surface area contributed by atoms with Gasteiger partial charge in [0.15, 0.2) is 0 Å². The van der Waals surface area contributed by atoms with Gasteiger partial charge in [0.1, 0.15) is 0 Å². The monoisotopic (exact) mass is 194 g/mol. The number of aromatic nitrogens is 1. The average Bonchev–Trinajstić information content (AvgIpc) is 2.59. The smallest absolute Gasteiger partial charge is 0.0641 e. The number of hydrogen-bond donors (Lipinski definition) is 1. The molecule has 1 aliphatic carbocycles. The van der Waals surface area contributed by atoms with Crippen LogP contribution in [0.4, 0.5) is 0 Å². The molecule has 14 heavy (non-hydrogen) atoms. The van der Waals surface area contributed by atoms with E-state index in [0.717, 1.165) is 19.6 Å². The van der Waals surface area contributed by atoms with E-state index in [-0.39, 0.29) is 6.04 Å². The summed E-state index contributed by atoms with van der Waals surface area (Å²) < 4.78 is 7.25. The first-order valence-corrected chi connectivity index (χ1v) is 5.24. The maximum atomic E-state index is 6.04. The van der Waals surface area contributed by atoms with Crippen molar-refractivity contribution in [1.82, 2.24) is 4.57 Å². The molecule has 78 valence electrons. The topological polar surface area (TPSA) is 40.2 Å². The molecule has 0 saturated heterocycles. The fourth-order valence-electron chi connectivity index (χ4n) is 2.11. The molecular formula is C11H18N2O. The highest BCUT2D eigenvalue weighted by Crippen LogP contribution is 2.28. The van der Waals surface area contributed by atoms with Crippen molar-refractivity contribution in [3.63, 3.8) is 0 Å². The maximum Gasteiger partial charge on any atom is 0.0641 e. The van der Waals surface area contributed by atoms with Crippen LogP contribution >= 0.6 is 0 Å². The zero-order valence-electron chi connectivity index (χ0n) is 8.70. The fraction of sp³-hybridized carbons (Fsp3) is 0.636. The highest BCUT2D eigenvalue weighted by atomic mass is 16.5. The van der Waals surface area contributed by atoms with Gasteiger partial charge in [-0.3, -0.25) is 0 Å². The summed E-state index contributed by atoms with van der Waals surface area (Å²) in [6.07, 6.45) is 7.93. The Labute approximate surface area is 84.9 Å². The van der Waals surface area contributed by atoms with E-state index in [1.165, 1.54) is 24.0 Å². The first-order valence-electron chi connectivity index (χ1n) is 5.24. The Balaban J connectivity index is 2.13. The molecule has 0 radical (unpaired) electrons. The predicted octanol–water partition coefficient (Wildman–Crippen LogP) is 1.47. The standard InChI is InChI=1S/C11H18N2O/c1-14-6-5-13-7-9-3-2-4-11(12)10(9)8-13/h7-8,11H,2-6,12H2,1H3. The van der Waals surface area contributed by atoms with Gasteiger partial charge in [0.05, 0.1) is 6.61 Å². The minimum Gasteiger partial charge on any atom is -0.383 e. The summed E-state index contributed by atoms with van der Waals surface area (Å²) in [6.45, 7) is 1.69. The molecule has 0 bridgehead atoms. The summed E-state index contributed by atoms with van der Waals surface area (Å²) >= 11 is 0. The van der Waals surface area contributed by atoms with Crippen LogP contribution in [0.15, 0.2) is 12.4 Å². The van der Waals surface area contributed by atoms with Crippen LogP contribution in [0.1, 0.15) is 30.0 Å². The summed E-state index contributed by atoms with van der Waals surface area (Å²) in [5, 5.41) is 0. The Morgan fingerprint density at radius 3 is 3.14 bits per heavy atom. The molecule has 3 nitrogen and oxygen atoms in total. The molecular weight excluding hydrogens is 176 g/mol. The Bertz CT molecular complexity index is 306.